The van der Waals surface area contributed by atoms with Crippen LogP contribution < -0.4 is 16.4 Å². The molecule has 1 aliphatic heterocycles. The lowest BCUT2D eigenvalue weighted by molar-refractivity contribution is -0.165. The van der Waals surface area contributed by atoms with Crippen molar-refractivity contribution in [3.63, 3.8) is 0 Å². The van der Waals surface area contributed by atoms with Crippen LogP contribution in [0.2, 0.25) is 0 Å². The molecule has 0 aromatic heterocycles. The van der Waals surface area contributed by atoms with Crippen LogP contribution in [0.4, 0.5) is 0 Å². The fourth-order valence-corrected chi connectivity index (χ4v) is 1.69. The Morgan fingerprint density at radius 3 is 3.00 bits per heavy atom. The molecule has 1 rings (SSSR count). The van der Waals surface area contributed by atoms with Crippen LogP contribution in [0.25, 0.3) is 0 Å². The van der Waals surface area contributed by atoms with Gasteiger partial charge >= 0.3 is 0 Å². The predicted molar refractivity (Wildman–Crippen MR) is 64.3 cm³/mol. The molecule has 96 valence electrons. The summed E-state index contributed by atoms with van der Waals surface area (Å²) in [6.07, 6.45) is 3.39. The summed E-state index contributed by atoms with van der Waals surface area (Å²) in [6, 6.07) is 0.317. The van der Waals surface area contributed by atoms with E-state index in [9.17, 15) is 0 Å². The third-order valence-electron chi connectivity index (χ3n) is 2.74. The molecular weight excluding hydrogens is 206 g/mol. The van der Waals surface area contributed by atoms with Crippen molar-refractivity contribution in [3.8, 4) is 0 Å². The SMILES string of the molecule is CN[C@H](CNCCN)COC1CCCCO1. The van der Waals surface area contributed by atoms with Gasteiger partial charge in [-0.15, -0.1) is 0 Å². The van der Waals surface area contributed by atoms with E-state index in [4.69, 9.17) is 15.2 Å². The van der Waals surface area contributed by atoms with E-state index >= 15 is 0 Å². The van der Waals surface area contributed by atoms with Gasteiger partial charge in [-0.3, -0.25) is 0 Å². The van der Waals surface area contributed by atoms with Crippen LogP contribution in [0.1, 0.15) is 19.3 Å². The van der Waals surface area contributed by atoms with E-state index in [-0.39, 0.29) is 6.29 Å². The van der Waals surface area contributed by atoms with Crippen LogP contribution in [0, 0.1) is 0 Å². The highest BCUT2D eigenvalue weighted by Gasteiger charge is 2.15. The summed E-state index contributed by atoms with van der Waals surface area (Å²) in [5.41, 5.74) is 5.41. The summed E-state index contributed by atoms with van der Waals surface area (Å²) in [5.74, 6) is 0. The first-order valence-corrected chi connectivity index (χ1v) is 6.18. The second-order valence-electron chi connectivity index (χ2n) is 4.11. The Balaban J connectivity index is 2.07. The maximum absolute atomic E-state index is 5.71. The Morgan fingerprint density at radius 1 is 1.50 bits per heavy atom. The van der Waals surface area contributed by atoms with E-state index in [0.29, 0.717) is 19.2 Å². The second-order valence-corrected chi connectivity index (χ2v) is 4.11. The number of ether oxygens (including phenoxy) is 2. The summed E-state index contributed by atoms with van der Waals surface area (Å²) in [6.45, 7) is 3.90. The number of hydrogen-bond donors (Lipinski definition) is 3. The molecule has 2 atom stereocenters. The molecule has 0 amide bonds. The summed E-state index contributed by atoms with van der Waals surface area (Å²) in [7, 11) is 1.94. The van der Waals surface area contributed by atoms with Gasteiger partial charge in [0.2, 0.25) is 0 Å². The van der Waals surface area contributed by atoms with Crippen LogP contribution >= 0.6 is 0 Å². The van der Waals surface area contributed by atoms with E-state index in [1.807, 2.05) is 7.05 Å². The molecule has 1 saturated heterocycles. The number of nitrogens with two attached hydrogens (primary N) is 1. The third kappa shape index (κ3) is 5.77. The van der Waals surface area contributed by atoms with E-state index in [1.165, 1.54) is 6.42 Å². The van der Waals surface area contributed by atoms with Crippen molar-refractivity contribution < 1.29 is 9.47 Å². The highest BCUT2D eigenvalue weighted by Crippen LogP contribution is 2.13. The summed E-state index contributed by atoms with van der Waals surface area (Å²) < 4.78 is 11.2. The van der Waals surface area contributed by atoms with E-state index in [0.717, 1.165) is 32.5 Å². The molecule has 0 spiro atoms. The smallest absolute Gasteiger partial charge is 0.157 e. The van der Waals surface area contributed by atoms with E-state index in [2.05, 4.69) is 10.6 Å². The standard InChI is InChI=1S/C11H25N3O2/c1-13-10(8-14-6-5-12)9-16-11-4-2-3-7-15-11/h10-11,13-14H,2-9,12H2,1H3/t10-,11?/m1/s1. The molecule has 1 heterocycles. The van der Waals surface area contributed by atoms with Crippen molar-refractivity contribution in [1.29, 1.82) is 0 Å². The maximum Gasteiger partial charge on any atom is 0.157 e. The molecule has 0 aromatic carbocycles. The van der Waals surface area contributed by atoms with Gasteiger partial charge in [0.1, 0.15) is 0 Å². The largest absolute Gasteiger partial charge is 0.353 e. The van der Waals surface area contributed by atoms with Crippen molar-refractivity contribution in [2.24, 2.45) is 5.73 Å². The minimum atomic E-state index is -0.000825. The number of rotatable bonds is 8. The van der Waals surface area contributed by atoms with Gasteiger partial charge < -0.3 is 25.8 Å². The lowest BCUT2D eigenvalue weighted by atomic mass is 10.2. The second kappa shape index (κ2) is 8.90. The van der Waals surface area contributed by atoms with Gasteiger partial charge in [-0.2, -0.15) is 0 Å². The molecule has 5 nitrogen and oxygen atoms in total. The zero-order chi connectivity index (χ0) is 11.6. The van der Waals surface area contributed by atoms with Gasteiger partial charge in [-0.05, 0) is 26.3 Å². The number of likely N-dealkylation sites (N-methyl/N-ethyl adjacent to an activating group) is 1. The van der Waals surface area contributed by atoms with Crippen LogP contribution in [0.5, 0.6) is 0 Å². The van der Waals surface area contributed by atoms with Crippen molar-refractivity contribution >= 4 is 0 Å². The highest BCUT2D eigenvalue weighted by molar-refractivity contribution is 4.67. The molecule has 0 saturated carbocycles. The monoisotopic (exact) mass is 231 g/mol. The number of hydrogen-bond acceptors (Lipinski definition) is 5. The predicted octanol–water partition coefficient (Wildman–Crippen LogP) is -0.334. The molecule has 5 heteroatoms. The molecule has 0 aromatic rings. The number of nitrogens with one attached hydrogen (secondary N) is 2. The van der Waals surface area contributed by atoms with Crippen molar-refractivity contribution in [1.82, 2.24) is 10.6 Å². The average Bonchev–Trinajstić information content (AvgIpc) is 2.35. The van der Waals surface area contributed by atoms with E-state index in [1.54, 1.807) is 0 Å². The fraction of sp³-hybridized carbons (Fsp3) is 1.00. The van der Waals surface area contributed by atoms with Crippen LogP contribution in [0.15, 0.2) is 0 Å². The summed E-state index contributed by atoms with van der Waals surface area (Å²) in [4.78, 5) is 0. The molecule has 1 unspecified atom stereocenters. The van der Waals surface area contributed by atoms with Crippen LogP contribution in [-0.4, -0.2) is 52.2 Å². The normalized spacial score (nSPS) is 23.2. The van der Waals surface area contributed by atoms with Crippen molar-refractivity contribution in [2.45, 2.75) is 31.6 Å². The van der Waals surface area contributed by atoms with E-state index < -0.39 is 0 Å². The minimum absolute atomic E-state index is 0.000825. The average molecular weight is 231 g/mol. The minimum Gasteiger partial charge on any atom is -0.353 e. The lowest BCUT2D eigenvalue weighted by Gasteiger charge is -2.25. The third-order valence-corrected chi connectivity index (χ3v) is 2.74. The zero-order valence-corrected chi connectivity index (χ0v) is 10.2. The van der Waals surface area contributed by atoms with Crippen molar-refractivity contribution in [2.75, 3.05) is 39.9 Å². The summed E-state index contributed by atoms with van der Waals surface area (Å²) >= 11 is 0. The molecule has 0 aliphatic carbocycles. The Kier molecular flexibility index (Phi) is 7.71. The topological polar surface area (TPSA) is 68.5 Å². The first-order valence-electron chi connectivity index (χ1n) is 6.18. The zero-order valence-electron chi connectivity index (χ0n) is 10.2. The van der Waals surface area contributed by atoms with Gasteiger partial charge in [0.05, 0.1) is 6.61 Å². The maximum atomic E-state index is 5.71. The Labute approximate surface area is 98.0 Å². The molecule has 0 bridgehead atoms. The fourth-order valence-electron chi connectivity index (χ4n) is 1.69. The molecule has 16 heavy (non-hydrogen) atoms. The van der Waals surface area contributed by atoms with Crippen molar-refractivity contribution in [3.05, 3.63) is 0 Å². The quantitative estimate of drug-likeness (QED) is 0.499. The van der Waals surface area contributed by atoms with Gasteiger partial charge in [-0.1, -0.05) is 0 Å². The van der Waals surface area contributed by atoms with Crippen LogP contribution in [0.3, 0.4) is 0 Å². The molecule has 0 radical (unpaired) electrons. The Hall–Kier alpha value is -0.200. The first-order chi connectivity index (χ1) is 7.86. The molecular formula is C11H25N3O2. The Morgan fingerprint density at radius 2 is 2.38 bits per heavy atom. The highest BCUT2D eigenvalue weighted by atomic mass is 16.7. The molecule has 4 N–H and O–H groups in total. The molecule has 1 aliphatic rings. The van der Waals surface area contributed by atoms with Gasteiger partial charge in [0.15, 0.2) is 6.29 Å². The van der Waals surface area contributed by atoms with Gasteiger partial charge in [-0.25, -0.2) is 0 Å². The Bertz CT molecular complexity index is 163. The molecule has 1 fully saturated rings. The van der Waals surface area contributed by atoms with Gasteiger partial charge in [0, 0.05) is 32.3 Å². The lowest BCUT2D eigenvalue weighted by Crippen LogP contribution is -2.42. The van der Waals surface area contributed by atoms with Crippen LogP contribution in [-0.2, 0) is 9.47 Å². The van der Waals surface area contributed by atoms with Gasteiger partial charge in [0.25, 0.3) is 0 Å². The summed E-state index contributed by atoms with van der Waals surface area (Å²) in [5, 5.41) is 6.48. The first kappa shape index (κ1) is 13.9.